The van der Waals surface area contributed by atoms with Crippen LogP contribution in [0.2, 0.25) is 0 Å². The molecule has 0 fully saturated rings. The van der Waals surface area contributed by atoms with E-state index in [-0.39, 0.29) is 0 Å². The standard InChI is InChI=1S/C19H20N4/c1-3-8-16(9-4-1)10-7-14-20-19-21-15-13-18(23-19)22-17-11-5-2-6-12-17/h1-6,8-9,11-13,15H,7,10,14H2,(H2,20,21,22,23). The fourth-order valence-corrected chi connectivity index (χ4v) is 2.32. The minimum atomic E-state index is 0.652. The highest BCUT2D eigenvalue weighted by atomic mass is 15.1. The Morgan fingerprint density at radius 1 is 0.826 bits per heavy atom. The number of nitrogens with one attached hydrogen (secondary N) is 2. The van der Waals surface area contributed by atoms with Crippen LogP contribution in [0.3, 0.4) is 0 Å². The van der Waals surface area contributed by atoms with Gasteiger partial charge in [0.25, 0.3) is 0 Å². The van der Waals surface area contributed by atoms with Crippen LogP contribution in [-0.2, 0) is 6.42 Å². The first-order chi connectivity index (χ1) is 11.4. The first-order valence-corrected chi connectivity index (χ1v) is 7.83. The molecule has 4 heteroatoms. The van der Waals surface area contributed by atoms with Gasteiger partial charge in [-0.1, -0.05) is 48.5 Å². The third-order valence-corrected chi connectivity index (χ3v) is 3.47. The van der Waals surface area contributed by atoms with Crippen LogP contribution >= 0.6 is 0 Å². The van der Waals surface area contributed by atoms with Gasteiger partial charge in [0.05, 0.1) is 0 Å². The van der Waals surface area contributed by atoms with Crippen molar-refractivity contribution in [1.82, 2.24) is 9.97 Å². The van der Waals surface area contributed by atoms with Gasteiger partial charge in [0.15, 0.2) is 0 Å². The maximum Gasteiger partial charge on any atom is 0.224 e. The molecule has 0 saturated carbocycles. The van der Waals surface area contributed by atoms with Crippen LogP contribution in [0.5, 0.6) is 0 Å². The summed E-state index contributed by atoms with van der Waals surface area (Å²) in [6.45, 7) is 0.851. The zero-order valence-electron chi connectivity index (χ0n) is 12.9. The summed E-state index contributed by atoms with van der Waals surface area (Å²) in [4.78, 5) is 8.74. The summed E-state index contributed by atoms with van der Waals surface area (Å²) in [5, 5.41) is 6.55. The van der Waals surface area contributed by atoms with Gasteiger partial charge < -0.3 is 10.6 Å². The summed E-state index contributed by atoms with van der Waals surface area (Å²) >= 11 is 0. The third-order valence-electron chi connectivity index (χ3n) is 3.47. The molecule has 0 atom stereocenters. The zero-order chi connectivity index (χ0) is 15.7. The molecule has 4 nitrogen and oxygen atoms in total. The summed E-state index contributed by atoms with van der Waals surface area (Å²) in [7, 11) is 0. The van der Waals surface area contributed by atoms with Gasteiger partial charge in [0.2, 0.25) is 5.95 Å². The number of benzene rings is 2. The molecule has 1 heterocycles. The Kier molecular flexibility index (Phi) is 5.19. The van der Waals surface area contributed by atoms with Crippen molar-refractivity contribution in [2.75, 3.05) is 17.2 Å². The number of para-hydroxylation sites is 1. The largest absolute Gasteiger partial charge is 0.354 e. The second-order valence-electron chi connectivity index (χ2n) is 5.27. The van der Waals surface area contributed by atoms with E-state index in [0.29, 0.717) is 5.95 Å². The zero-order valence-corrected chi connectivity index (χ0v) is 12.9. The molecule has 1 aromatic heterocycles. The Labute approximate surface area is 136 Å². The first kappa shape index (κ1) is 15.0. The summed E-state index contributed by atoms with van der Waals surface area (Å²) in [5.41, 5.74) is 2.37. The quantitative estimate of drug-likeness (QED) is 0.640. The molecule has 0 bridgehead atoms. The molecule has 116 valence electrons. The Bertz CT molecular complexity index is 714. The van der Waals surface area contributed by atoms with Crippen LogP contribution in [0.15, 0.2) is 72.9 Å². The fraction of sp³-hybridized carbons (Fsp3) is 0.158. The summed E-state index contributed by atoms with van der Waals surface area (Å²) in [6.07, 6.45) is 3.86. The molecule has 2 N–H and O–H groups in total. The molecule has 3 rings (SSSR count). The number of hydrogen-bond donors (Lipinski definition) is 2. The number of rotatable bonds is 7. The summed E-state index contributed by atoms with van der Waals surface area (Å²) < 4.78 is 0. The summed E-state index contributed by atoms with van der Waals surface area (Å²) in [6, 6.07) is 22.4. The first-order valence-electron chi connectivity index (χ1n) is 7.83. The van der Waals surface area contributed by atoms with Crippen LogP contribution in [0, 0.1) is 0 Å². The Balaban J connectivity index is 1.49. The number of aryl methyl sites for hydroxylation is 1. The van der Waals surface area contributed by atoms with Crippen molar-refractivity contribution in [3.63, 3.8) is 0 Å². The summed E-state index contributed by atoms with van der Waals surface area (Å²) in [5.74, 6) is 1.44. The van der Waals surface area contributed by atoms with Gasteiger partial charge in [-0.25, -0.2) is 4.98 Å². The molecule has 0 spiro atoms. The van der Waals surface area contributed by atoms with Crippen LogP contribution in [0.4, 0.5) is 17.5 Å². The van der Waals surface area contributed by atoms with E-state index in [9.17, 15) is 0 Å². The van der Waals surface area contributed by atoms with Crippen molar-refractivity contribution in [3.8, 4) is 0 Å². The van der Waals surface area contributed by atoms with E-state index in [1.807, 2.05) is 42.5 Å². The van der Waals surface area contributed by atoms with Crippen molar-refractivity contribution in [2.24, 2.45) is 0 Å². The van der Waals surface area contributed by atoms with E-state index in [1.165, 1.54) is 5.56 Å². The van der Waals surface area contributed by atoms with Gasteiger partial charge in [-0.2, -0.15) is 4.98 Å². The van der Waals surface area contributed by atoms with E-state index in [4.69, 9.17) is 0 Å². The maximum atomic E-state index is 4.48. The Morgan fingerprint density at radius 3 is 2.35 bits per heavy atom. The highest BCUT2D eigenvalue weighted by Crippen LogP contribution is 2.14. The van der Waals surface area contributed by atoms with E-state index < -0.39 is 0 Å². The van der Waals surface area contributed by atoms with Crippen molar-refractivity contribution in [1.29, 1.82) is 0 Å². The third kappa shape index (κ3) is 4.81. The molecule has 0 amide bonds. The smallest absolute Gasteiger partial charge is 0.224 e. The van der Waals surface area contributed by atoms with Gasteiger partial charge >= 0.3 is 0 Å². The van der Waals surface area contributed by atoms with Gasteiger partial charge in [0, 0.05) is 18.4 Å². The molecular weight excluding hydrogens is 284 g/mol. The second kappa shape index (κ2) is 7.94. The molecule has 0 saturated heterocycles. The van der Waals surface area contributed by atoms with E-state index in [1.54, 1.807) is 6.20 Å². The SMILES string of the molecule is c1ccc(CCCNc2nccc(Nc3ccccc3)n2)cc1. The molecule has 2 aromatic carbocycles. The van der Waals surface area contributed by atoms with Crippen molar-refractivity contribution in [2.45, 2.75) is 12.8 Å². The van der Waals surface area contributed by atoms with Crippen LogP contribution in [-0.4, -0.2) is 16.5 Å². The second-order valence-corrected chi connectivity index (χ2v) is 5.27. The predicted octanol–water partition coefficient (Wildman–Crippen LogP) is 4.26. The van der Waals surface area contributed by atoms with Crippen molar-refractivity contribution >= 4 is 17.5 Å². The van der Waals surface area contributed by atoms with Gasteiger partial charge in [-0.05, 0) is 36.6 Å². The molecule has 3 aromatic rings. The average Bonchev–Trinajstić information content (AvgIpc) is 2.61. The maximum absolute atomic E-state index is 4.48. The van der Waals surface area contributed by atoms with Crippen molar-refractivity contribution < 1.29 is 0 Å². The van der Waals surface area contributed by atoms with Gasteiger partial charge in [-0.3, -0.25) is 0 Å². The molecule has 0 unspecified atom stereocenters. The van der Waals surface area contributed by atoms with E-state index in [0.717, 1.165) is 30.9 Å². The van der Waals surface area contributed by atoms with Gasteiger partial charge in [0.1, 0.15) is 5.82 Å². The lowest BCUT2D eigenvalue weighted by Gasteiger charge is -2.08. The average molecular weight is 304 g/mol. The number of anilines is 3. The molecule has 23 heavy (non-hydrogen) atoms. The minimum Gasteiger partial charge on any atom is -0.354 e. The lowest BCUT2D eigenvalue weighted by Crippen LogP contribution is -2.07. The predicted molar refractivity (Wildman–Crippen MR) is 95.0 cm³/mol. The number of nitrogens with zero attached hydrogens (tertiary/aromatic N) is 2. The van der Waals surface area contributed by atoms with Crippen molar-refractivity contribution in [3.05, 3.63) is 78.5 Å². The van der Waals surface area contributed by atoms with E-state index >= 15 is 0 Å². The highest BCUT2D eigenvalue weighted by Gasteiger charge is 2.00. The minimum absolute atomic E-state index is 0.652. The Morgan fingerprint density at radius 2 is 1.57 bits per heavy atom. The number of hydrogen-bond acceptors (Lipinski definition) is 4. The molecular formula is C19H20N4. The monoisotopic (exact) mass is 304 g/mol. The van der Waals surface area contributed by atoms with Crippen LogP contribution < -0.4 is 10.6 Å². The topological polar surface area (TPSA) is 49.8 Å². The Hall–Kier alpha value is -2.88. The highest BCUT2D eigenvalue weighted by molar-refractivity contribution is 5.56. The lowest BCUT2D eigenvalue weighted by atomic mass is 10.1. The van der Waals surface area contributed by atoms with Gasteiger partial charge in [-0.15, -0.1) is 0 Å². The number of aromatic nitrogens is 2. The molecule has 0 aliphatic carbocycles. The van der Waals surface area contributed by atoms with Crippen LogP contribution in [0.1, 0.15) is 12.0 Å². The molecule has 0 radical (unpaired) electrons. The normalized spacial score (nSPS) is 10.3. The lowest BCUT2D eigenvalue weighted by molar-refractivity contribution is 0.853. The molecule has 0 aliphatic heterocycles. The fourth-order valence-electron chi connectivity index (χ4n) is 2.32. The van der Waals surface area contributed by atoms with Crippen LogP contribution in [0.25, 0.3) is 0 Å². The van der Waals surface area contributed by atoms with E-state index in [2.05, 4.69) is 44.9 Å². The molecule has 0 aliphatic rings.